The van der Waals surface area contributed by atoms with Gasteiger partial charge in [-0.25, -0.2) is 0 Å². The van der Waals surface area contributed by atoms with Gasteiger partial charge in [0.05, 0.1) is 10.6 Å². The lowest BCUT2D eigenvalue weighted by Gasteiger charge is -2.27. The Hall–Kier alpha value is -1.26. The molecule has 0 aromatic heterocycles. The van der Waals surface area contributed by atoms with Crippen molar-refractivity contribution in [2.75, 3.05) is 31.1 Å². The van der Waals surface area contributed by atoms with Gasteiger partial charge in [-0.1, -0.05) is 31.5 Å². The van der Waals surface area contributed by atoms with Gasteiger partial charge in [0.1, 0.15) is 5.84 Å². The van der Waals surface area contributed by atoms with Gasteiger partial charge in [0, 0.05) is 24.8 Å². The third-order valence-corrected chi connectivity index (χ3v) is 4.41. The zero-order valence-corrected chi connectivity index (χ0v) is 13.0. The molecule has 1 unspecified atom stereocenters. The predicted octanol–water partition coefficient (Wildman–Crippen LogP) is 2.54. The third kappa shape index (κ3) is 2.91. The molecule has 1 saturated heterocycles. The minimum absolute atomic E-state index is 0.0388. The first kappa shape index (κ1) is 15.1. The number of anilines is 1. The first-order valence-electron chi connectivity index (χ1n) is 7.20. The average Bonchev–Trinajstić information content (AvgIpc) is 2.89. The van der Waals surface area contributed by atoms with Crippen LogP contribution in [0, 0.1) is 5.41 Å². The highest BCUT2D eigenvalue weighted by molar-refractivity contribution is 6.34. The van der Waals surface area contributed by atoms with E-state index in [2.05, 4.69) is 23.6 Å². The molecule has 0 radical (unpaired) electrons. The molecule has 110 valence electrons. The molecular weight excluding hydrogens is 272 g/mol. The zero-order valence-electron chi connectivity index (χ0n) is 12.2. The van der Waals surface area contributed by atoms with Crippen molar-refractivity contribution >= 4 is 23.1 Å². The minimum atomic E-state index is 0.0388. The van der Waals surface area contributed by atoms with E-state index in [9.17, 15) is 0 Å². The van der Waals surface area contributed by atoms with Crippen LogP contribution in [0.2, 0.25) is 5.02 Å². The van der Waals surface area contributed by atoms with Crippen molar-refractivity contribution < 1.29 is 0 Å². The van der Waals surface area contributed by atoms with Crippen LogP contribution in [-0.4, -0.2) is 43.0 Å². The molecule has 3 N–H and O–H groups in total. The Morgan fingerprint density at radius 1 is 1.45 bits per heavy atom. The molecule has 20 heavy (non-hydrogen) atoms. The molecule has 0 spiro atoms. The van der Waals surface area contributed by atoms with Crippen molar-refractivity contribution in [2.45, 2.75) is 26.3 Å². The van der Waals surface area contributed by atoms with Crippen molar-refractivity contribution in [3.8, 4) is 0 Å². The Labute approximate surface area is 126 Å². The van der Waals surface area contributed by atoms with E-state index in [0.717, 1.165) is 38.3 Å². The summed E-state index contributed by atoms with van der Waals surface area (Å²) in [7, 11) is 0. The van der Waals surface area contributed by atoms with Crippen LogP contribution >= 0.6 is 11.6 Å². The van der Waals surface area contributed by atoms with Crippen LogP contribution in [0.25, 0.3) is 0 Å². The summed E-state index contributed by atoms with van der Waals surface area (Å²) in [6, 6.07) is 6.30. The van der Waals surface area contributed by atoms with Gasteiger partial charge in [-0.3, -0.25) is 10.3 Å². The molecule has 2 rings (SSSR count). The number of nitrogens with zero attached hydrogens (tertiary/aromatic N) is 2. The number of amidine groups is 1. The number of rotatable bonds is 5. The summed E-state index contributed by atoms with van der Waals surface area (Å²) >= 11 is 6.20. The van der Waals surface area contributed by atoms with E-state index in [4.69, 9.17) is 22.7 Å². The first-order chi connectivity index (χ1) is 9.58. The van der Waals surface area contributed by atoms with Crippen molar-refractivity contribution in [3.05, 3.63) is 28.8 Å². The number of nitrogens with two attached hydrogens (primary N) is 1. The van der Waals surface area contributed by atoms with Crippen LogP contribution in [0.1, 0.15) is 25.8 Å². The molecule has 1 aromatic rings. The molecule has 0 bridgehead atoms. The molecule has 1 aliphatic heterocycles. The summed E-state index contributed by atoms with van der Waals surface area (Å²) in [6.45, 7) is 8.51. The van der Waals surface area contributed by atoms with Crippen molar-refractivity contribution in [2.24, 2.45) is 5.73 Å². The molecule has 0 saturated carbocycles. The van der Waals surface area contributed by atoms with Gasteiger partial charge in [-0.2, -0.15) is 0 Å². The summed E-state index contributed by atoms with van der Waals surface area (Å²) in [4.78, 5) is 4.78. The van der Waals surface area contributed by atoms with Crippen molar-refractivity contribution in [1.29, 1.82) is 5.41 Å². The number of hydrogen-bond donors (Lipinski definition) is 2. The van der Waals surface area contributed by atoms with Gasteiger partial charge in [0.25, 0.3) is 0 Å². The SMILES string of the molecule is CCN(CC)C1CCN(c2cccc(Cl)c2C(=N)N)C1. The third-order valence-electron chi connectivity index (χ3n) is 4.09. The van der Waals surface area contributed by atoms with Crippen molar-refractivity contribution in [3.63, 3.8) is 0 Å². The summed E-state index contributed by atoms with van der Waals surface area (Å²) in [5.41, 5.74) is 7.34. The number of benzene rings is 1. The topological polar surface area (TPSA) is 56.4 Å². The van der Waals surface area contributed by atoms with Gasteiger partial charge < -0.3 is 10.6 Å². The second-order valence-electron chi connectivity index (χ2n) is 5.16. The summed E-state index contributed by atoms with van der Waals surface area (Å²) in [5, 5.41) is 8.30. The highest BCUT2D eigenvalue weighted by Crippen LogP contribution is 2.30. The van der Waals surface area contributed by atoms with Crippen LogP contribution in [-0.2, 0) is 0 Å². The number of likely N-dealkylation sites (N-methyl/N-ethyl adjacent to an activating group) is 1. The van der Waals surface area contributed by atoms with Gasteiger partial charge in [-0.05, 0) is 31.6 Å². The lowest BCUT2D eigenvalue weighted by atomic mass is 10.1. The molecule has 1 atom stereocenters. The molecule has 0 amide bonds. The van der Waals surface area contributed by atoms with E-state index in [0.29, 0.717) is 16.6 Å². The maximum Gasteiger partial charge on any atom is 0.126 e. The van der Waals surface area contributed by atoms with E-state index in [-0.39, 0.29) is 5.84 Å². The molecule has 0 aliphatic carbocycles. The number of hydrogen-bond acceptors (Lipinski definition) is 3. The lowest BCUT2D eigenvalue weighted by Crippen LogP contribution is -2.37. The maximum atomic E-state index is 7.74. The molecule has 5 heteroatoms. The first-order valence-corrected chi connectivity index (χ1v) is 7.58. The van der Waals surface area contributed by atoms with E-state index in [1.54, 1.807) is 6.07 Å². The van der Waals surface area contributed by atoms with Crippen molar-refractivity contribution in [1.82, 2.24) is 4.90 Å². The quantitative estimate of drug-likeness (QED) is 0.648. The van der Waals surface area contributed by atoms with Crippen LogP contribution in [0.3, 0.4) is 0 Å². The smallest absolute Gasteiger partial charge is 0.126 e. The second kappa shape index (κ2) is 6.46. The molecule has 1 aromatic carbocycles. The Balaban J connectivity index is 2.22. The highest BCUT2D eigenvalue weighted by Gasteiger charge is 2.28. The van der Waals surface area contributed by atoms with E-state index < -0.39 is 0 Å². The predicted molar refractivity (Wildman–Crippen MR) is 86.0 cm³/mol. The van der Waals surface area contributed by atoms with Crippen LogP contribution in [0.5, 0.6) is 0 Å². The van der Waals surface area contributed by atoms with Gasteiger partial charge in [0.2, 0.25) is 0 Å². The largest absolute Gasteiger partial charge is 0.384 e. The summed E-state index contributed by atoms with van der Waals surface area (Å²) < 4.78 is 0. The molecule has 1 fully saturated rings. The molecule has 1 aliphatic rings. The van der Waals surface area contributed by atoms with E-state index >= 15 is 0 Å². The Kier molecular flexibility index (Phi) is 4.89. The Morgan fingerprint density at radius 3 is 2.75 bits per heavy atom. The minimum Gasteiger partial charge on any atom is -0.384 e. The molecular formula is C15H23ClN4. The molecule has 4 nitrogen and oxygen atoms in total. The van der Waals surface area contributed by atoms with Gasteiger partial charge in [-0.15, -0.1) is 0 Å². The number of nitrogens with one attached hydrogen (secondary N) is 1. The van der Waals surface area contributed by atoms with Gasteiger partial charge >= 0.3 is 0 Å². The second-order valence-corrected chi connectivity index (χ2v) is 5.56. The Morgan fingerprint density at radius 2 is 2.15 bits per heavy atom. The fraction of sp³-hybridized carbons (Fsp3) is 0.533. The van der Waals surface area contributed by atoms with Crippen LogP contribution < -0.4 is 10.6 Å². The normalized spacial score (nSPS) is 18.8. The number of nitrogen functional groups attached to an aromatic ring is 1. The van der Waals surface area contributed by atoms with Crippen LogP contribution in [0.4, 0.5) is 5.69 Å². The van der Waals surface area contributed by atoms with E-state index in [1.807, 2.05) is 12.1 Å². The van der Waals surface area contributed by atoms with Crippen LogP contribution in [0.15, 0.2) is 18.2 Å². The Bertz CT molecular complexity index is 485. The lowest BCUT2D eigenvalue weighted by molar-refractivity contribution is 0.232. The summed E-state index contributed by atoms with van der Waals surface area (Å²) in [6.07, 6.45) is 1.14. The monoisotopic (exact) mass is 294 g/mol. The fourth-order valence-corrected chi connectivity index (χ4v) is 3.31. The average molecular weight is 295 g/mol. The highest BCUT2D eigenvalue weighted by atomic mass is 35.5. The standard InChI is InChI=1S/C15H23ClN4/c1-3-19(4-2)11-8-9-20(10-11)13-7-5-6-12(16)14(13)15(17)18/h5-7,11H,3-4,8-10H2,1-2H3,(H3,17,18). The fourth-order valence-electron chi connectivity index (χ4n) is 3.04. The zero-order chi connectivity index (χ0) is 14.7. The summed E-state index contributed by atoms with van der Waals surface area (Å²) in [5.74, 6) is 0.0388. The van der Waals surface area contributed by atoms with Gasteiger partial charge in [0.15, 0.2) is 0 Å². The van der Waals surface area contributed by atoms with E-state index in [1.165, 1.54) is 0 Å². The maximum absolute atomic E-state index is 7.74. The molecule has 1 heterocycles. The number of halogens is 1.